The van der Waals surface area contributed by atoms with Crippen LogP contribution < -0.4 is 9.84 Å². The number of ether oxygens (including phenoxy) is 1. The van der Waals surface area contributed by atoms with E-state index in [0.29, 0.717) is 16.7 Å². The highest BCUT2D eigenvalue weighted by Gasteiger charge is 2.22. The van der Waals surface area contributed by atoms with Gasteiger partial charge in [-0.25, -0.2) is 0 Å². The predicted octanol–water partition coefficient (Wildman–Crippen LogP) is 4.59. The molecule has 8 heteroatoms. The van der Waals surface area contributed by atoms with E-state index in [2.05, 4.69) is 5.32 Å². The predicted molar refractivity (Wildman–Crippen MR) is 123 cm³/mol. The van der Waals surface area contributed by atoms with Crippen LogP contribution in [0.4, 0.5) is 0 Å². The molecule has 7 nitrogen and oxygen atoms in total. The van der Waals surface area contributed by atoms with Gasteiger partial charge in [0.25, 0.3) is 0 Å². The number of carbonyl (C=O) groups excluding carboxylic acids is 2. The zero-order chi connectivity index (χ0) is 23.6. The molecule has 3 aromatic carbocycles. The largest absolute Gasteiger partial charge is 0.529 e. The van der Waals surface area contributed by atoms with Gasteiger partial charge in [-0.15, -0.1) is 0 Å². The first-order valence-corrected chi connectivity index (χ1v) is 11.5. The van der Waals surface area contributed by atoms with Crippen LogP contribution in [0, 0.1) is 6.92 Å². The monoisotopic (exact) mass is 465 g/mol. The van der Waals surface area contributed by atoms with Gasteiger partial charge < -0.3 is 9.26 Å². The fourth-order valence-electron chi connectivity index (χ4n) is 3.20. The molecule has 1 atom stereocenters. The van der Waals surface area contributed by atoms with Crippen molar-refractivity contribution in [1.82, 2.24) is 5.32 Å². The number of benzene rings is 3. The van der Waals surface area contributed by atoms with Crippen LogP contribution in [0.5, 0.6) is 5.75 Å². The highest BCUT2D eigenvalue weighted by Crippen LogP contribution is 2.25. The molecule has 3 rings (SSSR count). The number of ketones is 1. The second-order valence-corrected chi connectivity index (χ2v) is 8.06. The molecule has 0 amide bonds. The van der Waals surface area contributed by atoms with Gasteiger partial charge in [-0.3, -0.25) is 14.9 Å². The zero-order valence-electron chi connectivity index (χ0n) is 18.1. The van der Waals surface area contributed by atoms with E-state index in [1.807, 2.05) is 36.4 Å². The Morgan fingerprint density at radius 3 is 2.24 bits per heavy atom. The third-order valence-corrected chi connectivity index (χ3v) is 5.32. The summed E-state index contributed by atoms with van der Waals surface area (Å²) in [6.45, 7) is 1.76. The third kappa shape index (κ3) is 7.52. The van der Waals surface area contributed by atoms with Crippen LogP contribution in [0.15, 0.2) is 78.9 Å². The second kappa shape index (κ2) is 11.9. The number of rotatable bonds is 11. The lowest BCUT2D eigenvalue weighted by Crippen LogP contribution is -2.42. The summed E-state index contributed by atoms with van der Waals surface area (Å²) in [5, 5.41) is 2.99. The Balaban J connectivity index is 1.74. The lowest BCUT2D eigenvalue weighted by atomic mass is 10.0. The molecular weight excluding hydrogens is 441 g/mol. The molecule has 0 unspecified atom stereocenters. The van der Waals surface area contributed by atoms with Crippen molar-refractivity contribution in [3.8, 4) is 5.75 Å². The first-order chi connectivity index (χ1) is 15.9. The standard InChI is InChI=1S/C25H24NO6P/c1-18-12-13-20(15-24(18)32-33(29)30)14-22(25(28)31-17-19-8-4-2-5-9-19)26-16-23(27)21-10-6-3-7-11-21/h2-13,15,22,26H,14,16-17H2,1H3/t22-/m0/s1. The van der Waals surface area contributed by atoms with Crippen LogP contribution in [-0.4, -0.2) is 24.3 Å². The molecule has 0 aromatic heterocycles. The van der Waals surface area contributed by atoms with E-state index >= 15 is 0 Å². The number of Topliss-reactive ketones (excluding diaryl/α,β-unsaturated/α-hetero) is 1. The lowest BCUT2D eigenvalue weighted by Gasteiger charge is -2.18. The van der Waals surface area contributed by atoms with Gasteiger partial charge >= 0.3 is 13.9 Å². The fourth-order valence-corrected chi connectivity index (χ4v) is 3.55. The van der Waals surface area contributed by atoms with Gasteiger partial charge in [0, 0.05) is 5.56 Å². The average Bonchev–Trinajstić information content (AvgIpc) is 2.83. The molecule has 0 aliphatic rings. The Labute approximate surface area is 192 Å². The molecule has 0 aliphatic heterocycles. The summed E-state index contributed by atoms with van der Waals surface area (Å²) < 4.78 is 32.3. The molecule has 0 saturated carbocycles. The van der Waals surface area contributed by atoms with Gasteiger partial charge in [0.2, 0.25) is 0 Å². The Bertz CT molecular complexity index is 1150. The summed E-state index contributed by atoms with van der Waals surface area (Å²) in [4.78, 5) is 25.4. The smallest absolute Gasteiger partial charge is 0.460 e. The Morgan fingerprint density at radius 2 is 1.58 bits per heavy atom. The summed E-state index contributed by atoms with van der Waals surface area (Å²) in [6.07, 6.45) is 0.183. The van der Waals surface area contributed by atoms with E-state index in [1.165, 1.54) is 0 Å². The Kier molecular flexibility index (Phi) is 8.70. The van der Waals surface area contributed by atoms with Crippen molar-refractivity contribution in [2.45, 2.75) is 26.0 Å². The van der Waals surface area contributed by atoms with Crippen LogP contribution in [0.25, 0.3) is 0 Å². The van der Waals surface area contributed by atoms with E-state index in [9.17, 15) is 18.7 Å². The minimum Gasteiger partial charge on any atom is -0.460 e. The molecule has 3 aromatic rings. The van der Waals surface area contributed by atoms with Crippen molar-refractivity contribution < 1.29 is 28.0 Å². The highest BCUT2D eigenvalue weighted by atomic mass is 31.1. The normalized spacial score (nSPS) is 11.4. The van der Waals surface area contributed by atoms with Crippen molar-refractivity contribution in [3.05, 3.63) is 101 Å². The van der Waals surface area contributed by atoms with Crippen molar-refractivity contribution in [2.24, 2.45) is 0 Å². The van der Waals surface area contributed by atoms with Crippen molar-refractivity contribution >= 4 is 19.7 Å². The molecule has 0 bridgehead atoms. The number of hydrogen-bond donors (Lipinski definition) is 1. The summed E-state index contributed by atoms with van der Waals surface area (Å²) in [6, 6.07) is 22.3. The summed E-state index contributed by atoms with van der Waals surface area (Å²) in [5.41, 5.74) is 2.68. The van der Waals surface area contributed by atoms with E-state index in [-0.39, 0.29) is 31.1 Å². The van der Waals surface area contributed by atoms with E-state index < -0.39 is 19.9 Å². The van der Waals surface area contributed by atoms with Crippen LogP contribution in [0.3, 0.4) is 0 Å². The van der Waals surface area contributed by atoms with Gasteiger partial charge in [-0.1, -0.05) is 72.8 Å². The minimum absolute atomic E-state index is 0.0588. The lowest BCUT2D eigenvalue weighted by molar-refractivity contribution is -0.147. The topological polar surface area (TPSA) is 98.8 Å². The van der Waals surface area contributed by atoms with Crippen LogP contribution in [-0.2, 0) is 31.7 Å². The third-order valence-electron chi connectivity index (χ3n) is 4.98. The fraction of sp³-hybridized carbons (Fsp3) is 0.200. The summed E-state index contributed by atoms with van der Waals surface area (Å²) in [7, 11) is -3.06. The van der Waals surface area contributed by atoms with Crippen LogP contribution in [0.1, 0.15) is 27.0 Å². The van der Waals surface area contributed by atoms with Gasteiger partial charge in [0.1, 0.15) is 18.4 Å². The number of aryl methyl sites for hydroxylation is 1. The minimum atomic E-state index is -3.06. The molecule has 0 heterocycles. The van der Waals surface area contributed by atoms with E-state index in [1.54, 1.807) is 49.4 Å². The molecule has 170 valence electrons. The van der Waals surface area contributed by atoms with Crippen molar-refractivity contribution in [1.29, 1.82) is 0 Å². The SMILES string of the molecule is Cc1ccc(C[C@H](NCC(=O)c2ccccc2)C(=O)OCc2ccccc2)cc1OP(=O)=O. The number of esters is 1. The second-order valence-electron chi connectivity index (χ2n) is 7.43. The molecule has 33 heavy (non-hydrogen) atoms. The van der Waals surface area contributed by atoms with E-state index in [4.69, 9.17) is 9.26 Å². The Morgan fingerprint density at radius 1 is 0.909 bits per heavy atom. The molecule has 0 spiro atoms. The van der Waals surface area contributed by atoms with Gasteiger partial charge in [-0.05, 0) is 36.1 Å². The maximum Gasteiger partial charge on any atom is 0.529 e. The molecule has 0 aliphatic carbocycles. The zero-order valence-corrected chi connectivity index (χ0v) is 19.0. The van der Waals surface area contributed by atoms with Crippen LogP contribution >= 0.6 is 7.91 Å². The molecule has 0 saturated heterocycles. The first-order valence-electron chi connectivity index (χ1n) is 10.4. The maximum absolute atomic E-state index is 12.9. The van der Waals surface area contributed by atoms with Crippen LogP contribution in [0.2, 0.25) is 0 Å². The van der Waals surface area contributed by atoms with Gasteiger partial charge in [0.15, 0.2) is 5.78 Å². The van der Waals surface area contributed by atoms with Crippen molar-refractivity contribution in [3.63, 3.8) is 0 Å². The number of carbonyl (C=O) groups is 2. The summed E-state index contributed by atoms with van der Waals surface area (Å²) >= 11 is 0. The summed E-state index contributed by atoms with van der Waals surface area (Å²) in [5.74, 6) is -0.481. The number of hydrogen-bond acceptors (Lipinski definition) is 7. The quantitative estimate of drug-likeness (QED) is 0.251. The van der Waals surface area contributed by atoms with Gasteiger partial charge in [-0.2, -0.15) is 9.13 Å². The molecule has 0 fully saturated rings. The molecule has 0 radical (unpaired) electrons. The average molecular weight is 465 g/mol. The molecular formula is C25H24NO6P. The first kappa shape index (κ1) is 24.1. The maximum atomic E-state index is 12.9. The Hall–Kier alpha value is -3.54. The van der Waals surface area contributed by atoms with Gasteiger partial charge in [0.05, 0.1) is 6.54 Å². The number of nitrogens with one attached hydrogen (secondary N) is 1. The van der Waals surface area contributed by atoms with Crippen molar-refractivity contribution in [2.75, 3.05) is 6.54 Å². The highest BCUT2D eigenvalue weighted by molar-refractivity contribution is 7.25. The van der Waals surface area contributed by atoms with E-state index in [0.717, 1.165) is 5.56 Å². The molecule has 1 N–H and O–H groups in total.